The predicted octanol–water partition coefficient (Wildman–Crippen LogP) is 2.94. The minimum absolute atomic E-state index is 0.0899. The van der Waals surface area contributed by atoms with E-state index in [2.05, 4.69) is 9.97 Å². The first-order chi connectivity index (χ1) is 10.7. The van der Waals surface area contributed by atoms with Crippen molar-refractivity contribution in [2.24, 2.45) is 0 Å². The summed E-state index contributed by atoms with van der Waals surface area (Å²) in [6.07, 6.45) is 1.43. The number of thiazole rings is 1. The Kier molecular flexibility index (Phi) is 3.65. The molecule has 22 heavy (non-hydrogen) atoms. The molecule has 0 aliphatic heterocycles. The second-order valence-corrected chi connectivity index (χ2v) is 5.28. The third-order valence-corrected chi connectivity index (χ3v) is 3.96. The van der Waals surface area contributed by atoms with Gasteiger partial charge in [-0.05, 0) is 12.1 Å². The first-order valence-electron chi connectivity index (χ1n) is 6.27. The van der Waals surface area contributed by atoms with E-state index in [-0.39, 0.29) is 17.2 Å². The molecule has 0 unspecified atom stereocenters. The van der Waals surface area contributed by atoms with E-state index in [1.54, 1.807) is 28.1 Å². The summed E-state index contributed by atoms with van der Waals surface area (Å²) in [6, 6.07) is 10.3. The summed E-state index contributed by atoms with van der Waals surface area (Å²) in [6.45, 7) is 0.308. The number of rotatable bonds is 3. The highest BCUT2D eigenvalue weighted by atomic mass is 32.1. The Hall–Kier alpha value is -3.03. The van der Waals surface area contributed by atoms with Crippen molar-refractivity contribution in [3.63, 3.8) is 0 Å². The van der Waals surface area contributed by atoms with Crippen LogP contribution in [0.4, 0.5) is 4.39 Å². The molecule has 3 rings (SSSR count). The predicted molar refractivity (Wildman–Crippen MR) is 78.3 cm³/mol. The van der Waals surface area contributed by atoms with Gasteiger partial charge in [-0.2, -0.15) is 10.5 Å². The van der Waals surface area contributed by atoms with E-state index in [1.165, 1.54) is 23.7 Å². The van der Waals surface area contributed by atoms with Gasteiger partial charge in [-0.1, -0.05) is 12.1 Å². The van der Waals surface area contributed by atoms with Crippen molar-refractivity contribution in [3.05, 3.63) is 58.9 Å². The highest BCUT2D eigenvalue weighted by Gasteiger charge is 2.13. The normalized spacial score (nSPS) is 10.1. The van der Waals surface area contributed by atoms with Crippen LogP contribution >= 0.6 is 11.3 Å². The molecule has 0 atom stereocenters. The Balaban J connectivity index is 1.90. The van der Waals surface area contributed by atoms with Crippen molar-refractivity contribution in [2.45, 2.75) is 6.54 Å². The van der Waals surface area contributed by atoms with Gasteiger partial charge in [0.25, 0.3) is 0 Å². The summed E-state index contributed by atoms with van der Waals surface area (Å²) in [4.78, 5) is 8.26. The molecule has 5 nitrogen and oxygen atoms in total. The van der Waals surface area contributed by atoms with Crippen molar-refractivity contribution < 1.29 is 4.39 Å². The first-order valence-corrected chi connectivity index (χ1v) is 7.15. The smallest absolute Gasteiger partial charge is 0.176 e. The molecule has 106 valence electrons. The standard InChI is InChI=1S/C15H8FN5S/c16-12-4-2-1-3-11(12)15-20-10(8-22-15)7-21-9-19-13(5-17)14(21)6-18/h1-4,8-9H,7H2. The van der Waals surface area contributed by atoms with Gasteiger partial charge in [0.2, 0.25) is 0 Å². The van der Waals surface area contributed by atoms with Crippen molar-refractivity contribution >= 4 is 11.3 Å². The molecule has 3 aromatic rings. The number of hydrogen-bond donors (Lipinski definition) is 0. The van der Waals surface area contributed by atoms with Crippen LogP contribution in [0.1, 0.15) is 17.1 Å². The van der Waals surface area contributed by atoms with E-state index in [4.69, 9.17) is 10.5 Å². The van der Waals surface area contributed by atoms with Gasteiger partial charge in [0.15, 0.2) is 11.4 Å². The van der Waals surface area contributed by atoms with Crippen LogP contribution in [0.25, 0.3) is 10.6 Å². The fourth-order valence-corrected chi connectivity index (χ4v) is 2.85. The third-order valence-electron chi connectivity index (χ3n) is 3.04. The number of halogens is 1. The zero-order chi connectivity index (χ0) is 15.5. The van der Waals surface area contributed by atoms with Gasteiger partial charge in [-0.25, -0.2) is 14.4 Å². The van der Waals surface area contributed by atoms with Crippen LogP contribution in [0.2, 0.25) is 0 Å². The second-order valence-electron chi connectivity index (χ2n) is 4.42. The van der Waals surface area contributed by atoms with Gasteiger partial charge in [0, 0.05) is 10.9 Å². The lowest BCUT2D eigenvalue weighted by Gasteiger charge is -2.00. The molecule has 7 heteroatoms. The second kappa shape index (κ2) is 5.76. The average Bonchev–Trinajstić information content (AvgIpc) is 3.14. The number of aromatic nitrogens is 3. The van der Waals surface area contributed by atoms with E-state index >= 15 is 0 Å². The van der Waals surface area contributed by atoms with Crippen LogP contribution in [0.5, 0.6) is 0 Å². The van der Waals surface area contributed by atoms with Crippen molar-refractivity contribution in [1.82, 2.24) is 14.5 Å². The lowest BCUT2D eigenvalue weighted by molar-refractivity contribution is 0.631. The van der Waals surface area contributed by atoms with E-state index in [9.17, 15) is 4.39 Å². The topological polar surface area (TPSA) is 78.3 Å². The van der Waals surface area contributed by atoms with Crippen LogP contribution in [0, 0.1) is 28.5 Å². The van der Waals surface area contributed by atoms with Crippen LogP contribution in [0.3, 0.4) is 0 Å². The average molecular weight is 309 g/mol. The van der Waals surface area contributed by atoms with Crippen LogP contribution in [0.15, 0.2) is 36.0 Å². The van der Waals surface area contributed by atoms with E-state index in [0.717, 1.165) is 0 Å². The lowest BCUT2D eigenvalue weighted by Crippen LogP contribution is -2.02. The van der Waals surface area contributed by atoms with E-state index in [1.807, 2.05) is 12.1 Å². The fraction of sp³-hybridized carbons (Fsp3) is 0.0667. The van der Waals surface area contributed by atoms with Crippen molar-refractivity contribution in [1.29, 1.82) is 10.5 Å². The number of nitriles is 2. The zero-order valence-electron chi connectivity index (χ0n) is 11.2. The Morgan fingerprint density at radius 2 is 2.05 bits per heavy atom. The fourth-order valence-electron chi connectivity index (χ4n) is 2.01. The molecule has 2 heterocycles. The van der Waals surface area contributed by atoms with Crippen molar-refractivity contribution in [2.75, 3.05) is 0 Å². The van der Waals surface area contributed by atoms with E-state index < -0.39 is 0 Å². The summed E-state index contributed by atoms with van der Waals surface area (Å²) in [5, 5.41) is 20.3. The molecule has 0 aliphatic carbocycles. The summed E-state index contributed by atoms with van der Waals surface area (Å²) < 4.78 is 15.3. The zero-order valence-corrected chi connectivity index (χ0v) is 12.0. The van der Waals surface area contributed by atoms with Crippen LogP contribution in [-0.4, -0.2) is 14.5 Å². The molecule has 0 radical (unpaired) electrons. The molecule has 0 N–H and O–H groups in total. The minimum Gasteiger partial charge on any atom is -0.315 e. The van der Waals surface area contributed by atoms with Gasteiger partial charge >= 0.3 is 0 Å². The van der Waals surface area contributed by atoms with Crippen LogP contribution in [-0.2, 0) is 6.54 Å². The molecule has 0 saturated heterocycles. The Morgan fingerprint density at radius 1 is 1.23 bits per heavy atom. The summed E-state index contributed by atoms with van der Waals surface area (Å²) in [5.41, 5.74) is 1.42. The summed E-state index contributed by atoms with van der Waals surface area (Å²) in [7, 11) is 0. The molecule has 0 aliphatic rings. The van der Waals surface area contributed by atoms with Gasteiger partial charge in [-0.15, -0.1) is 11.3 Å². The van der Waals surface area contributed by atoms with Crippen LogP contribution < -0.4 is 0 Å². The maximum atomic E-state index is 13.8. The number of imidazole rings is 1. The highest BCUT2D eigenvalue weighted by molar-refractivity contribution is 7.13. The molecule has 1 aromatic carbocycles. The van der Waals surface area contributed by atoms with Gasteiger partial charge in [-0.3, -0.25) is 0 Å². The maximum Gasteiger partial charge on any atom is 0.176 e. The Morgan fingerprint density at radius 3 is 2.77 bits per heavy atom. The monoisotopic (exact) mass is 309 g/mol. The van der Waals surface area contributed by atoms with Gasteiger partial charge in [0.05, 0.1) is 18.6 Å². The quantitative estimate of drug-likeness (QED) is 0.745. The van der Waals surface area contributed by atoms with Gasteiger partial charge in [0.1, 0.15) is 23.0 Å². The minimum atomic E-state index is -0.324. The molecular formula is C15H8FN5S. The number of nitrogens with zero attached hydrogens (tertiary/aromatic N) is 5. The molecule has 2 aromatic heterocycles. The largest absolute Gasteiger partial charge is 0.315 e. The summed E-state index contributed by atoms with van der Waals surface area (Å²) >= 11 is 1.33. The lowest BCUT2D eigenvalue weighted by atomic mass is 10.2. The molecule has 0 bridgehead atoms. The van der Waals surface area contributed by atoms with Crippen molar-refractivity contribution in [3.8, 4) is 22.7 Å². The molecule has 0 saturated carbocycles. The van der Waals surface area contributed by atoms with Gasteiger partial charge < -0.3 is 4.57 Å². The third kappa shape index (κ3) is 2.46. The number of benzene rings is 1. The molecular weight excluding hydrogens is 301 g/mol. The Labute approximate surface area is 129 Å². The molecule has 0 fully saturated rings. The first kappa shape index (κ1) is 13.9. The highest BCUT2D eigenvalue weighted by Crippen LogP contribution is 2.26. The summed E-state index contributed by atoms with van der Waals surface area (Å²) in [5.74, 6) is -0.324. The Bertz CT molecular complexity index is 913. The molecule has 0 amide bonds. The number of hydrogen-bond acceptors (Lipinski definition) is 5. The maximum absolute atomic E-state index is 13.8. The molecule has 0 spiro atoms. The SMILES string of the molecule is N#Cc1ncn(Cc2csc(-c3ccccc3F)n2)c1C#N. The van der Waals surface area contributed by atoms with E-state index in [0.29, 0.717) is 22.8 Å².